The van der Waals surface area contributed by atoms with E-state index in [0.29, 0.717) is 23.4 Å². The standard InChI is InChI=1S/C23H24N2O3S/c1-28-20-11-8-17(9-12-20)22(26)25-21(13-14-29-2)23(27)24-19-10-7-16-5-3-4-6-18(16)15-19/h3-12,15,21H,13-14H2,1-2H3,(H,24,27)(H,25,26)/t21-/m0/s1. The predicted molar refractivity (Wildman–Crippen MR) is 120 cm³/mol. The Hall–Kier alpha value is -2.99. The van der Waals surface area contributed by atoms with Crippen molar-refractivity contribution < 1.29 is 14.3 Å². The number of hydrogen-bond donors (Lipinski definition) is 2. The zero-order valence-electron chi connectivity index (χ0n) is 16.5. The van der Waals surface area contributed by atoms with Crippen LogP contribution in [-0.4, -0.2) is 37.0 Å². The summed E-state index contributed by atoms with van der Waals surface area (Å²) < 4.78 is 5.12. The highest BCUT2D eigenvalue weighted by atomic mass is 32.2. The molecular formula is C23H24N2O3S. The van der Waals surface area contributed by atoms with Crippen LogP contribution in [0.15, 0.2) is 66.7 Å². The summed E-state index contributed by atoms with van der Waals surface area (Å²) in [6.07, 6.45) is 2.52. The van der Waals surface area contributed by atoms with Crippen molar-refractivity contribution in [1.82, 2.24) is 5.32 Å². The van der Waals surface area contributed by atoms with Gasteiger partial charge in [-0.05, 0) is 65.6 Å². The molecule has 2 amide bonds. The van der Waals surface area contributed by atoms with Gasteiger partial charge in [-0.2, -0.15) is 11.8 Å². The molecule has 0 spiro atoms. The van der Waals surface area contributed by atoms with E-state index >= 15 is 0 Å². The molecule has 0 aliphatic carbocycles. The summed E-state index contributed by atoms with van der Waals surface area (Å²) in [4.78, 5) is 25.5. The SMILES string of the molecule is COc1ccc(C(=O)N[C@@H](CCSC)C(=O)Nc2ccc3ccccc3c2)cc1. The van der Waals surface area contributed by atoms with Crippen LogP contribution in [0.3, 0.4) is 0 Å². The second kappa shape index (κ2) is 9.98. The lowest BCUT2D eigenvalue weighted by atomic mass is 10.1. The molecule has 3 aromatic rings. The Kier molecular flexibility index (Phi) is 7.14. The van der Waals surface area contributed by atoms with Gasteiger partial charge in [0.1, 0.15) is 11.8 Å². The summed E-state index contributed by atoms with van der Waals surface area (Å²) in [6, 6.07) is 19.9. The molecule has 0 aliphatic heterocycles. The summed E-state index contributed by atoms with van der Waals surface area (Å²) in [5.74, 6) is 0.928. The molecule has 0 saturated heterocycles. The van der Waals surface area contributed by atoms with Crippen molar-refractivity contribution in [3.8, 4) is 5.75 Å². The minimum Gasteiger partial charge on any atom is -0.497 e. The van der Waals surface area contributed by atoms with E-state index in [4.69, 9.17) is 4.74 Å². The number of hydrogen-bond acceptors (Lipinski definition) is 4. The number of nitrogens with one attached hydrogen (secondary N) is 2. The van der Waals surface area contributed by atoms with Crippen LogP contribution in [0.2, 0.25) is 0 Å². The number of carbonyl (C=O) groups excluding carboxylic acids is 2. The van der Waals surface area contributed by atoms with Gasteiger partial charge in [-0.1, -0.05) is 30.3 Å². The Morgan fingerprint density at radius 2 is 1.72 bits per heavy atom. The van der Waals surface area contributed by atoms with Gasteiger partial charge in [-0.25, -0.2) is 0 Å². The lowest BCUT2D eigenvalue weighted by molar-refractivity contribution is -0.118. The number of methoxy groups -OCH3 is 1. The predicted octanol–water partition coefficient (Wildman–Crippen LogP) is 4.34. The first-order valence-electron chi connectivity index (χ1n) is 9.34. The smallest absolute Gasteiger partial charge is 0.251 e. The van der Waals surface area contributed by atoms with Gasteiger partial charge in [0.15, 0.2) is 0 Å². The summed E-state index contributed by atoms with van der Waals surface area (Å²) in [5, 5.41) is 7.95. The Bertz CT molecular complexity index is 989. The third-order valence-electron chi connectivity index (χ3n) is 4.60. The first kappa shape index (κ1) is 20.7. The Labute approximate surface area is 174 Å². The maximum absolute atomic E-state index is 12.9. The summed E-state index contributed by atoms with van der Waals surface area (Å²) in [5.41, 5.74) is 1.19. The highest BCUT2D eigenvalue weighted by Crippen LogP contribution is 2.19. The zero-order valence-corrected chi connectivity index (χ0v) is 17.3. The van der Waals surface area contributed by atoms with E-state index in [1.807, 2.05) is 48.7 Å². The van der Waals surface area contributed by atoms with E-state index in [-0.39, 0.29) is 11.8 Å². The van der Waals surface area contributed by atoms with Crippen LogP contribution in [0, 0.1) is 0 Å². The molecule has 0 radical (unpaired) electrons. The molecule has 0 saturated carbocycles. The molecule has 150 valence electrons. The molecule has 0 fully saturated rings. The zero-order chi connectivity index (χ0) is 20.6. The normalized spacial score (nSPS) is 11.7. The largest absolute Gasteiger partial charge is 0.497 e. The second-order valence-electron chi connectivity index (χ2n) is 6.59. The third kappa shape index (κ3) is 5.51. The summed E-state index contributed by atoms with van der Waals surface area (Å²) >= 11 is 1.64. The van der Waals surface area contributed by atoms with Crippen LogP contribution in [0.25, 0.3) is 10.8 Å². The third-order valence-corrected chi connectivity index (χ3v) is 5.25. The van der Waals surface area contributed by atoms with Gasteiger partial charge >= 0.3 is 0 Å². The van der Waals surface area contributed by atoms with Crippen molar-refractivity contribution in [1.29, 1.82) is 0 Å². The molecule has 1 atom stereocenters. The number of rotatable bonds is 8. The molecule has 3 rings (SSSR count). The number of fused-ring (bicyclic) bond motifs is 1. The van der Waals surface area contributed by atoms with Gasteiger partial charge in [-0.3, -0.25) is 9.59 Å². The minimum absolute atomic E-state index is 0.226. The van der Waals surface area contributed by atoms with E-state index in [1.54, 1.807) is 43.1 Å². The van der Waals surface area contributed by atoms with E-state index in [1.165, 1.54) is 0 Å². The van der Waals surface area contributed by atoms with Crippen molar-refractivity contribution in [3.05, 3.63) is 72.3 Å². The number of benzene rings is 3. The van der Waals surface area contributed by atoms with E-state index in [2.05, 4.69) is 10.6 Å². The summed E-state index contributed by atoms with van der Waals surface area (Å²) in [6.45, 7) is 0. The van der Waals surface area contributed by atoms with Gasteiger partial charge in [0, 0.05) is 11.3 Å². The van der Waals surface area contributed by atoms with E-state index in [9.17, 15) is 9.59 Å². The highest BCUT2D eigenvalue weighted by Gasteiger charge is 2.21. The van der Waals surface area contributed by atoms with Gasteiger partial charge in [0.05, 0.1) is 7.11 Å². The summed E-state index contributed by atoms with van der Waals surface area (Å²) in [7, 11) is 1.57. The van der Waals surface area contributed by atoms with E-state index in [0.717, 1.165) is 16.5 Å². The maximum Gasteiger partial charge on any atom is 0.251 e. The fourth-order valence-electron chi connectivity index (χ4n) is 2.98. The Morgan fingerprint density at radius 1 is 1.00 bits per heavy atom. The van der Waals surface area contributed by atoms with Gasteiger partial charge in [-0.15, -0.1) is 0 Å². The first-order chi connectivity index (χ1) is 14.1. The number of carbonyl (C=O) groups is 2. The van der Waals surface area contributed by atoms with Gasteiger partial charge in [0.2, 0.25) is 5.91 Å². The van der Waals surface area contributed by atoms with Crippen LogP contribution in [0.1, 0.15) is 16.8 Å². The molecular weight excluding hydrogens is 384 g/mol. The lowest BCUT2D eigenvalue weighted by Crippen LogP contribution is -2.44. The minimum atomic E-state index is -0.622. The number of thioether (sulfide) groups is 1. The van der Waals surface area contributed by atoms with Gasteiger partial charge in [0.25, 0.3) is 5.91 Å². The molecule has 3 aromatic carbocycles. The molecule has 0 aromatic heterocycles. The number of amides is 2. The first-order valence-corrected chi connectivity index (χ1v) is 10.7. The van der Waals surface area contributed by atoms with Crippen LogP contribution in [-0.2, 0) is 4.79 Å². The average molecular weight is 409 g/mol. The molecule has 29 heavy (non-hydrogen) atoms. The highest BCUT2D eigenvalue weighted by molar-refractivity contribution is 7.98. The molecule has 0 unspecified atom stereocenters. The molecule has 6 heteroatoms. The van der Waals surface area contributed by atoms with Gasteiger partial charge < -0.3 is 15.4 Å². The molecule has 5 nitrogen and oxygen atoms in total. The second-order valence-corrected chi connectivity index (χ2v) is 7.57. The quantitative estimate of drug-likeness (QED) is 0.582. The van der Waals surface area contributed by atoms with Crippen molar-refractivity contribution in [2.45, 2.75) is 12.5 Å². The van der Waals surface area contributed by atoms with Crippen LogP contribution < -0.4 is 15.4 Å². The lowest BCUT2D eigenvalue weighted by Gasteiger charge is -2.18. The van der Waals surface area contributed by atoms with Crippen molar-refractivity contribution in [2.75, 3.05) is 24.4 Å². The molecule has 0 heterocycles. The van der Waals surface area contributed by atoms with Crippen molar-refractivity contribution in [2.24, 2.45) is 0 Å². The number of ether oxygens (including phenoxy) is 1. The fraction of sp³-hybridized carbons (Fsp3) is 0.217. The molecule has 0 bridgehead atoms. The molecule has 0 aliphatic rings. The van der Waals surface area contributed by atoms with E-state index < -0.39 is 6.04 Å². The fourth-order valence-corrected chi connectivity index (χ4v) is 3.46. The Balaban J connectivity index is 1.71. The Morgan fingerprint density at radius 3 is 2.41 bits per heavy atom. The molecule has 2 N–H and O–H groups in total. The average Bonchev–Trinajstić information content (AvgIpc) is 2.76. The van der Waals surface area contributed by atoms with Crippen molar-refractivity contribution in [3.63, 3.8) is 0 Å². The monoisotopic (exact) mass is 408 g/mol. The maximum atomic E-state index is 12.9. The van der Waals surface area contributed by atoms with Crippen LogP contribution in [0.4, 0.5) is 5.69 Å². The van der Waals surface area contributed by atoms with Crippen LogP contribution >= 0.6 is 11.8 Å². The van der Waals surface area contributed by atoms with Crippen LogP contribution in [0.5, 0.6) is 5.75 Å². The number of anilines is 1. The van der Waals surface area contributed by atoms with Crippen molar-refractivity contribution >= 4 is 40.0 Å². The topological polar surface area (TPSA) is 67.4 Å².